The Morgan fingerprint density at radius 1 is 0.971 bits per heavy atom. The molecule has 4 rings (SSSR count). The second-order valence-corrected chi connectivity index (χ2v) is 7.99. The van der Waals surface area contributed by atoms with Gasteiger partial charge in [0, 0.05) is 25.4 Å². The van der Waals surface area contributed by atoms with Crippen molar-refractivity contribution < 1.29 is 27.9 Å². The molecule has 3 aromatic rings. The molecular formula is C26H21F3N2O3. The largest absolute Gasteiger partial charge is 0.503 e. The van der Waals surface area contributed by atoms with Crippen molar-refractivity contribution in [2.24, 2.45) is 0 Å². The average Bonchev–Trinajstić information content (AvgIpc) is 3.08. The van der Waals surface area contributed by atoms with E-state index in [1.807, 2.05) is 30.3 Å². The highest BCUT2D eigenvalue weighted by molar-refractivity contribution is 6.09. The zero-order valence-electron chi connectivity index (χ0n) is 18.0. The summed E-state index contributed by atoms with van der Waals surface area (Å²) in [7, 11) is 0. The smallest absolute Gasteiger partial charge is 0.416 e. The molecule has 1 N–H and O–H groups in total. The number of benzene rings is 2. The fraction of sp³-hybridized carbons (Fsp3) is 0.192. The van der Waals surface area contributed by atoms with Crippen LogP contribution >= 0.6 is 0 Å². The van der Waals surface area contributed by atoms with Gasteiger partial charge in [0.15, 0.2) is 11.5 Å². The number of carbonyl (C=O) groups excluding carboxylic acids is 2. The summed E-state index contributed by atoms with van der Waals surface area (Å²) >= 11 is 0. The summed E-state index contributed by atoms with van der Waals surface area (Å²) in [6.07, 6.45) is -1.07. The van der Waals surface area contributed by atoms with Gasteiger partial charge in [-0.25, -0.2) is 0 Å². The number of aliphatic hydroxyl groups is 1. The molecule has 2 heterocycles. The maximum atomic E-state index is 13.2. The molecule has 0 bridgehead atoms. The van der Waals surface area contributed by atoms with E-state index in [9.17, 15) is 27.9 Å². The number of pyridine rings is 1. The monoisotopic (exact) mass is 466 g/mol. The van der Waals surface area contributed by atoms with Gasteiger partial charge in [-0.2, -0.15) is 13.2 Å². The first-order valence-electron chi connectivity index (χ1n) is 10.6. The standard InChI is InChI=1S/C26H21F3N2O3/c27-26(28,29)20-8-4-7-18(15-20)16-31-23(19-11-13-30-14-12-19)22(24(33)25(31)34)21(32)10-9-17-5-2-1-3-6-17/h1-8,11-15,23,33H,9-10,16H2. The fourth-order valence-corrected chi connectivity index (χ4v) is 4.07. The zero-order valence-corrected chi connectivity index (χ0v) is 18.0. The van der Waals surface area contributed by atoms with E-state index in [4.69, 9.17) is 0 Å². The van der Waals surface area contributed by atoms with Crippen molar-refractivity contribution in [3.05, 3.63) is 113 Å². The van der Waals surface area contributed by atoms with Gasteiger partial charge >= 0.3 is 6.18 Å². The second-order valence-electron chi connectivity index (χ2n) is 7.99. The first-order chi connectivity index (χ1) is 16.3. The third kappa shape index (κ3) is 4.85. The van der Waals surface area contributed by atoms with E-state index in [0.717, 1.165) is 17.7 Å². The molecule has 0 aliphatic carbocycles. The third-order valence-corrected chi connectivity index (χ3v) is 5.72. The van der Waals surface area contributed by atoms with Crippen molar-refractivity contribution in [1.82, 2.24) is 9.88 Å². The molecule has 34 heavy (non-hydrogen) atoms. The van der Waals surface area contributed by atoms with Crippen LogP contribution in [0.3, 0.4) is 0 Å². The summed E-state index contributed by atoms with van der Waals surface area (Å²) in [4.78, 5) is 31.3. The summed E-state index contributed by atoms with van der Waals surface area (Å²) in [6.45, 7) is -0.213. The van der Waals surface area contributed by atoms with E-state index in [1.54, 1.807) is 12.1 Å². The molecule has 2 aromatic carbocycles. The number of Topliss-reactive ketones (excluding diaryl/α,β-unsaturated/α-hetero) is 1. The molecule has 5 nitrogen and oxygen atoms in total. The van der Waals surface area contributed by atoms with Crippen LogP contribution in [-0.4, -0.2) is 26.7 Å². The summed E-state index contributed by atoms with van der Waals surface area (Å²) in [5.41, 5.74) is 0.796. The number of nitrogens with zero attached hydrogens (tertiary/aromatic N) is 2. The Bertz CT molecular complexity index is 1220. The highest BCUT2D eigenvalue weighted by Crippen LogP contribution is 2.39. The number of ketones is 1. The fourth-order valence-electron chi connectivity index (χ4n) is 4.07. The molecule has 1 aromatic heterocycles. The minimum absolute atomic E-state index is 0.0564. The molecule has 0 radical (unpaired) electrons. The van der Waals surface area contributed by atoms with Crippen molar-refractivity contribution in [2.75, 3.05) is 0 Å². The van der Waals surface area contributed by atoms with Crippen LogP contribution in [0.5, 0.6) is 0 Å². The Hall–Kier alpha value is -3.94. The molecule has 1 amide bonds. The third-order valence-electron chi connectivity index (χ3n) is 5.72. The molecule has 174 valence electrons. The zero-order chi connectivity index (χ0) is 24.3. The number of aryl methyl sites for hydroxylation is 1. The van der Waals surface area contributed by atoms with Gasteiger partial charge < -0.3 is 10.0 Å². The predicted octanol–water partition coefficient (Wildman–Crippen LogP) is 5.20. The van der Waals surface area contributed by atoms with E-state index >= 15 is 0 Å². The maximum Gasteiger partial charge on any atom is 0.416 e. The Balaban J connectivity index is 1.65. The van der Waals surface area contributed by atoms with Crippen molar-refractivity contribution >= 4 is 11.7 Å². The van der Waals surface area contributed by atoms with Crippen LogP contribution in [0.4, 0.5) is 13.2 Å². The molecule has 0 saturated heterocycles. The molecule has 8 heteroatoms. The molecular weight excluding hydrogens is 445 g/mol. The van der Waals surface area contributed by atoms with E-state index in [-0.39, 0.29) is 24.1 Å². The highest BCUT2D eigenvalue weighted by atomic mass is 19.4. The van der Waals surface area contributed by atoms with Crippen molar-refractivity contribution in [2.45, 2.75) is 31.6 Å². The van der Waals surface area contributed by atoms with Crippen LogP contribution in [-0.2, 0) is 28.7 Å². The van der Waals surface area contributed by atoms with Gasteiger partial charge in [-0.15, -0.1) is 0 Å². The molecule has 0 fully saturated rings. The van der Waals surface area contributed by atoms with E-state index in [0.29, 0.717) is 12.0 Å². The number of halogens is 3. The van der Waals surface area contributed by atoms with Crippen LogP contribution in [0.25, 0.3) is 0 Å². The number of amides is 1. The number of aliphatic hydroxyl groups excluding tert-OH is 1. The van der Waals surface area contributed by atoms with Gasteiger partial charge in [0.1, 0.15) is 0 Å². The van der Waals surface area contributed by atoms with Crippen LogP contribution in [0, 0.1) is 0 Å². The van der Waals surface area contributed by atoms with E-state index < -0.39 is 35.2 Å². The maximum absolute atomic E-state index is 13.2. The summed E-state index contributed by atoms with van der Waals surface area (Å²) < 4.78 is 39.5. The lowest BCUT2D eigenvalue weighted by atomic mass is 9.93. The Labute approximate surface area is 194 Å². The predicted molar refractivity (Wildman–Crippen MR) is 118 cm³/mol. The van der Waals surface area contributed by atoms with Gasteiger partial charge in [0.05, 0.1) is 17.2 Å². The molecule has 1 aliphatic heterocycles. The average molecular weight is 466 g/mol. The normalized spacial score (nSPS) is 16.3. The molecule has 0 spiro atoms. The second kappa shape index (κ2) is 9.51. The van der Waals surface area contributed by atoms with Crippen LogP contribution in [0.15, 0.2) is 90.5 Å². The minimum Gasteiger partial charge on any atom is -0.503 e. The Kier molecular flexibility index (Phi) is 6.49. The molecule has 0 saturated carbocycles. The summed E-state index contributed by atoms with van der Waals surface area (Å²) in [5.74, 6) is -1.88. The summed E-state index contributed by atoms with van der Waals surface area (Å²) in [6, 6.07) is 16.3. The van der Waals surface area contributed by atoms with Gasteiger partial charge in [0.2, 0.25) is 0 Å². The van der Waals surface area contributed by atoms with Crippen molar-refractivity contribution in [3.63, 3.8) is 0 Å². The van der Waals surface area contributed by atoms with E-state index in [1.165, 1.54) is 29.4 Å². The molecule has 1 aliphatic rings. The first-order valence-corrected chi connectivity index (χ1v) is 10.6. The number of rotatable bonds is 7. The van der Waals surface area contributed by atoms with Crippen molar-refractivity contribution in [1.29, 1.82) is 0 Å². The van der Waals surface area contributed by atoms with E-state index in [2.05, 4.69) is 4.98 Å². The summed E-state index contributed by atoms with van der Waals surface area (Å²) in [5, 5.41) is 10.7. The van der Waals surface area contributed by atoms with Gasteiger partial charge in [-0.05, 0) is 47.4 Å². The Morgan fingerprint density at radius 2 is 1.65 bits per heavy atom. The lowest BCUT2D eigenvalue weighted by Crippen LogP contribution is -2.30. The number of alkyl halides is 3. The number of aromatic nitrogens is 1. The lowest BCUT2D eigenvalue weighted by Gasteiger charge is -2.27. The van der Waals surface area contributed by atoms with Crippen LogP contribution in [0.1, 0.15) is 34.7 Å². The van der Waals surface area contributed by atoms with Gasteiger partial charge in [0.25, 0.3) is 5.91 Å². The van der Waals surface area contributed by atoms with Crippen LogP contribution in [0.2, 0.25) is 0 Å². The topological polar surface area (TPSA) is 70.5 Å². The first kappa shape index (κ1) is 23.2. The van der Waals surface area contributed by atoms with Crippen LogP contribution < -0.4 is 0 Å². The van der Waals surface area contributed by atoms with Gasteiger partial charge in [-0.3, -0.25) is 14.6 Å². The van der Waals surface area contributed by atoms with Gasteiger partial charge in [-0.1, -0.05) is 42.5 Å². The SMILES string of the molecule is O=C(CCc1ccccc1)C1=C(O)C(=O)N(Cc2cccc(C(F)(F)F)c2)C1c1ccncc1. The molecule has 1 atom stereocenters. The highest BCUT2D eigenvalue weighted by Gasteiger charge is 2.43. The molecule has 1 unspecified atom stereocenters. The minimum atomic E-state index is -4.53. The number of hydrogen-bond donors (Lipinski definition) is 1. The quantitative estimate of drug-likeness (QED) is 0.520. The number of carbonyl (C=O) groups is 2. The Morgan fingerprint density at radius 3 is 2.32 bits per heavy atom. The number of hydrogen-bond acceptors (Lipinski definition) is 4. The lowest BCUT2D eigenvalue weighted by molar-refractivity contribution is -0.137. The van der Waals surface area contributed by atoms with Crippen molar-refractivity contribution in [3.8, 4) is 0 Å².